The minimum atomic E-state index is -0.511. The molecule has 2 atom stereocenters. The number of imide groups is 1. The van der Waals surface area contributed by atoms with Crippen LogP contribution >= 0.6 is 0 Å². The van der Waals surface area contributed by atoms with Crippen LogP contribution in [0.1, 0.15) is 13.8 Å². The van der Waals surface area contributed by atoms with Crippen LogP contribution in [0.5, 0.6) is 0 Å². The number of β-lactam (4-membered cyclic amide) rings is 1. The van der Waals surface area contributed by atoms with Crippen molar-refractivity contribution >= 4 is 17.8 Å². The summed E-state index contributed by atoms with van der Waals surface area (Å²) in [6.45, 7) is 6.83. The summed E-state index contributed by atoms with van der Waals surface area (Å²) in [4.78, 5) is 35.0. The Kier molecular flexibility index (Phi) is 3.82. The van der Waals surface area contributed by atoms with Gasteiger partial charge in [0.2, 0.25) is 11.8 Å². The number of rotatable bonds is 4. The molecule has 0 aromatic carbocycles. The zero-order valence-corrected chi connectivity index (χ0v) is 9.43. The van der Waals surface area contributed by atoms with Crippen LogP contribution in [0.4, 0.5) is 0 Å². The lowest BCUT2D eigenvalue weighted by Gasteiger charge is -2.38. The van der Waals surface area contributed by atoms with Crippen LogP contribution in [-0.4, -0.2) is 35.8 Å². The standard InChI is InChI=1S/C11H15NO4/c1-4-5-16-11(15)7(2)9-6-12(8(3)13)10(9)14/h4,7,9H,1,5-6H2,2-3H3. The third kappa shape index (κ3) is 2.29. The molecule has 0 spiro atoms. The Labute approximate surface area is 94.1 Å². The van der Waals surface area contributed by atoms with E-state index < -0.39 is 17.8 Å². The second kappa shape index (κ2) is 4.92. The fourth-order valence-electron chi connectivity index (χ4n) is 1.54. The lowest BCUT2D eigenvalue weighted by atomic mass is 9.86. The van der Waals surface area contributed by atoms with E-state index >= 15 is 0 Å². The van der Waals surface area contributed by atoms with Gasteiger partial charge in [0.25, 0.3) is 0 Å². The number of hydrogen-bond donors (Lipinski definition) is 0. The molecule has 2 amide bonds. The number of ether oxygens (including phenoxy) is 1. The summed E-state index contributed by atoms with van der Waals surface area (Å²) in [6, 6.07) is 0. The van der Waals surface area contributed by atoms with Crippen molar-refractivity contribution in [2.45, 2.75) is 13.8 Å². The van der Waals surface area contributed by atoms with Gasteiger partial charge in [0.1, 0.15) is 6.61 Å². The monoisotopic (exact) mass is 225 g/mol. The molecule has 2 unspecified atom stereocenters. The first-order valence-electron chi connectivity index (χ1n) is 5.08. The quantitative estimate of drug-likeness (QED) is 0.393. The molecule has 1 saturated heterocycles. The minimum absolute atomic E-state index is 0.139. The smallest absolute Gasteiger partial charge is 0.309 e. The van der Waals surface area contributed by atoms with Gasteiger partial charge in [0, 0.05) is 13.5 Å². The van der Waals surface area contributed by atoms with E-state index in [9.17, 15) is 14.4 Å². The topological polar surface area (TPSA) is 63.7 Å². The maximum atomic E-state index is 11.5. The maximum absolute atomic E-state index is 11.5. The van der Waals surface area contributed by atoms with E-state index in [1.807, 2.05) is 0 Å². The Hall–Kier alpha value is -1.65. The second-order valence-electron chi connectivity index (χ2n) is 3.78. The molecule has 1 aliphatic heterocycles. The lowest BCUT2D eigenvalue weighted by Crippen LogP contribution is -2.57. The SMILES string of the molecule is C=CCOC(=O)C(C)C1CN(C(C)=O)C1=O. The van der Waals surface area contributed by atoms with Gasteiger partial charge in [-0.2, -0.15) is 0 Å². The molecular formula is C11H15NO4. The van der Waals surface area contributed by atoms with Gasteiger partial charge < -0.3 is 4.74 Å². The van der Waals surface area contributed by atoms with Gasteiger partial charge >= 0.3 is 5.97 Å². The molecule has 5 nitrogen and oxygen atoms in total. The first-order valence-corrected chi connectivity index (χ1v) is 5.08. The normalized spacial score (nSPS) is 21.0. The Morgan fingerprint density at radius 3 is 2.75 bits per heavy atom. The molecule has 1 rings (SSSR count). The first kappa shape index (κ1) is 12.4. The summed E-state index contributed by atoms with van der Waals surface area (Å²) >= 11 is 0. The zero-order valence-electron chi connectivity index (χ0n) is 9.43. The van der Waals surface area contributed by atoms with Gasteiger partial charge in [0.15, 0.2) is 0 Å². The molecule has 5 heteroatoms. The molecule has 0 saturated carbocycles. The van der Waals surface area contributed by atoms with Gasteiger partial charge in [-0.1, -0.05) is 19.6 Å². The Morgan fingerprint density at radius 2 is 2.31 bits per heavy atom. The molecule has 0 N–H and O–H groups in total. The number of nitrogens with zero attached hydrogens (tertiary/aromatic N) is 1. The predicted octanol–water partition coefficient (Wildman–Crippen LogP) is 0.357. The molecule has 1 fully saturated rings. The second-order valence-corrected chi connectivity index (χ2v) is 3.78. The van der Waals surface area contributed by atoms with Crippen molar-refractivity contribution in [3.63, 3.8) is 0 Å². The van der Waals surface area contributed by atoms with Crippen molar-refractivity contribution in [3.05, 3.63) is 12.7 Å². The van der Waals surface area contributed by atoms with Crippen molar-refractivity contribution in [1.29, 1.82) is 0 Å². The maximum Gasteiger partial charge on any atom is 0.309 e. The largest absolute Gasteiger partial charge is 0.461 e. The number of likely N-dealkylation sites (tertiary alicyclic amines) is 1. The van der Waals surface area contributed by atoms with Crippen molar-refractivity contribution in [1.82, 2.24) is 4.90 Å². The Balaban J connectivity index is 2.49. The average Bonchev–Trinajstić information content (AvgIpc) is 2.22. The molecule has 0 radical (unpaired) electrons. The fraction of sp³-hybridized carbons (Fsp3) is 0.545. The van der Waals surface area contributed by atoms with Gasteiger partial charge in [-0.15, -0.1) is 0 Å². The van der Waals surface area contributed by atoms with E-state index in [1.54, 1.807) is 6.92 Å². The van der Waals surface area contributed by atoms with Crippen LogP contribution < -0.4 is 0 Å². The van der Waals surface area contributed by atoms with Crippen LogP contribution in [0.2, 0.25) is 0 Å². The molecule has 0 aromatic rings. The molecule has 0 aromatic heterocycles. The van der Waals surface area contributed by atoms with Crippen molar-refractivity contribution < 1.29 is 19.1 Å². The van der Waals surface area contributed by atoms with E-state index in [2.05, 4.69) is 6.58 Å². The van der Waals surface area contributed by atoms with Gasteiger partial charge in [0.05, 0.1) is 11.8 Å². The fourth-order valence-corrected chi connectivity index (χ4v) is 1.54. The summed E-state index contributed by atoms with van der Waals surface area (Å²) in [5.74, 6) is -1.95. The van der Waals surface area contributed by atoms with Crippen molar-refractivity contribution in [2.24, 2.45) is 11.8 Å². The number of carbonyl (C=O) groups excluding carboxylic acids is 3. The van der Waals surface area contributed by atoms with Crippen LogP contribution in [0, 0.1) is 11.8 Å². The molecule has 16 heavy (non-hydrogen) atoms. The van der Waals surface area contributed by atoms with Crippen LogP contribution in [-0.2, 0) is 19.1 Å². The number of esters is 1. The average molecular weight is 225 g/mol. The van der Waals surface area contributed by atoms with E-state index in [0.717, 1.165) is 4.90 Å². The minimum Gasteiger partial charge on any atom is -0.461 e. The molecule has 88 valence electrons. The van der Waals surface area contributed by atoms with E-state index in [1.165, 1.54) is 13.0 Å². The predicted molar refractivity (Wildman–Crippen MR) is 56.2 cm³/mol. The lowest BCUT2D eigenvalue weighted by molar-refractivity contribution is -0.167. The highest BCUT2D eigenvalue weighted by atomic mass is 16.5. The van der Waals surface area contributed by atoms with Gasteiger partial charge in [-0.3, -0.25) is 19.3 Å². The van der Waals surface area contributed by atoms with E-state index in [0.29, 0.717) is 6.54 Å². The highest BCUT2D eigenvalue weighted by Gasteiger charge is 2.45. The molecule has 1 heterocycles. The highest BCUT2D eigenvalue weighted by Crippen LogP contribution is 2.26. The third-order valence-electron chi connectivity index (χ3n) is 2.66. The summed E-state index contributed by atoms with van der Waals surface area (Å²) in [7, 11) is 0. The molecule has 0 aliphatic carbocycles. The summed E-state index contributed by atoms with van der Waals surface area (Å²) in [5, 5.41) is 0. The summed E-state index contributed by atoms with van der Waals surface area (Å²) in [5.41, 5.74) is 0. The first-order chi connectivity index (χ1) is 7.49. The third-order valence-corrected chi connectivity index (χ3v) is 2.66. The van der Waals surface area contributed by atoms with Crippen LogP contribution in [0.15, 0.2) is 12.7 Å². The van der Waals surface area contributed by atoms with Crippen LogP contribution in [0.3, 0.4) is 0 Å². The number of amides is 2. The molecular weight excluding hydrogens is 210 g/mol. The Morgan fingerprint density at radius 1 is 1.69 bits per heavy atom. The summed E-state index contributed by atoms with van der Waals surface area (Å²) in [6.07, 6.45) is 1.47. The molecule has 0 bridgehead atoms. The molecule has 1 aliphatic rings. The van der Waals surface area contributed by atoms with Crippen molar-refractivity contribution in [3.8, 4) is 0 Å². The van der Waals surface area contributed by atoms with Crippen LogP contribution in [0.25, 0.3) is 0 Å². The van der Waals surface area contributed by atoms with Gasteiger partial charge in [-0.25, -0.2) is 0 Å². The summed E-state index contributed by atoms with van der Waals surface area (Å²) < 4.78 is 4.84. The van der Waals surface area contributed by atoms with E-state index in [4.69, 9.17) is 4.74 Å². The number of carbonyl (C=O) groups is 3. The highest BCUT2D eigenvalue weighted by molar-refractivity contribution is 6.01. The zero-order chi connectivity index (χ0) is 12.3. The van der Waals surface area contributed by atoms with E-state index in [-0.39, 0.29) is 18.4 Å². The Bertz CT molecular complexity index is 337. The van der Waals surface area contributed by atoms with Gasteiger partial charge in [-0.05, 0) is 0 Å². The van der Waals surface area contributed by atoms with Crippen molar-refractivity contribution in [2.75, 3.05) is 13.2 Å². The number of hydrogen-bond acceptors (Lipinski definition) is 4.